The lowest BCUT2D eigenvalue weighted by Crippen LogP contribution is -2.36. The first kappa shape index (κ1) is 17.9. The molecule has 1 aliphatic carbocycles. The Kier molecular flexibility index (Phi) is 4.97. The third kappa shape index (κ3) is 3.87. The molecular weight excluding hydrogens is 362 g/mol. The van der Waals surface area contributed by atoms with E-state index in [-0.39, 0.29) is 0 Å². The molecule has 1 aromatic carbocycles. The molecule has 0 spiro atoms. The molecule has 5 heteroatoms. The zero-order valence-electron chi connectivity index (χ0n) is 16.3. The third-order valence-electron chi connectivity index (χ3n) is 5.75. The number of ether oxygens (including phenoxy) is 2. The van der Waals surface area contributed by atoms with E-state index < -0.39 is 0 Å². The number of benzene rings is 1. The van der Waals surface area contributed by atoms with Crippen molar-refractivity contribution < 1.29 is 9.47 Å². The molecule has 0 bridgehead atoms. The zero-order chi connectivity index (χ0) is 19.5. The number of H-pyrrole nitrogens is 1. The fraction of sp³-hybridized carbons (Fsp3) is 0.250. The highest BCUT2D eigenvalue weighted by atomic mass is 16.5. The second-order valence-corrected chi connectivity index (χ2v) is 7.60. The number of aromatic nitrogens is 1. The lowest BCUT2D eigenvalue weighted by atomic mass is 9.94. The summed E-state index contributed by atoms with van der Waals surface area (Å²) in [6.45, 7) is 3.07. The average Bonchev–Trinajstić information content (AvgIpc) is 3.21. The van der Waals surface area contributed by atoms with Crippen LogP contribution in [-0.2, 0) is 9.47 Å². The van der Waals surface area contributed by atoms with Gasteiger partial charge in [0, 0.05) is 53.9 Å². The minimum absolute atomic E-state index is 0.415. The van der Waals surface area contributed by atoms with Crippen molar-refractivity contribution in [2.24, 2.45) is 5.92 Å². The van der Waals surface area contributed by atoms with Crippen LogP contribution in [0.2, 0.25) is 0 Å². The van der Waals surface area contributed by atoms with Crippen LogP contribution in [0.1, 0.15) is 18.4 Å². The Morgan fingerprint density at radius 1 is 1.21 bits per heavy atom. The van der Waals surface area contributed by atoms with Crippen molar-refractivity contribution in [2.45, 2.75) is 12.8 Å². The number of rotatable bonds is 5. The van der Waals surface area contributed by atoms with E-state index in [1.807, 2.05) is 0 Å². The molecule has 5 nitrogen and oxygen atoms in total. The Morgan fingerprint density at radius 3 is 3.03 bits per heavy atom. The number of hydrogen-bond acceptors (Lipinski definition) is 4. The summed E-state index contributed by atoms with van der Waals surface area (Å²) in [7, 11) is 0. The van der Waals surface area contributed by atoms with Crippen LogP contribution in [0.25, 0.3) is 16.5 Å². The molecule has 2 N–H and O–H groups in total. The van der Waals surface area contributed by atoms with E-state index in [0.29, 0.717) is 11.8 Å². The van der Waals surface area contributed by atoms with Gasteiger partial charge in [0.15, 0.2) is 6.26 Å². The second kappa shape index (κ2) is 8.05. The molecule has 1 unspecified atom stereocenters. The summed E-state index contributed by atoms with van der Waals surface area (Å²) >= 11 is 0. The monoisotopic (exact) mass is 387 g/mol. The van der Waals surface area contributed by atoms with Crippen LogP contribution in [0, 0.1) is 5.92 Å². The first-order chi connectivity index (χ1) is 14.4. The SMILES string of the molecule is C1=CCC(CN2CC=C(c3c[nH]c4ccccc34)CC2)C(NC2=COC=CO2)=C1. The Balaban J connectivity index is 1.24. The molecule has 0 saturated heterocycles. The predicted molar refractivity (Wildman–Crippen MR) is 115 cm³/mol. The van der Waals surface area contributed by atoms with E-state index in [1.54, 1.807) is 6.26 Å². The molecule has 2 aliphatic heterocycles. The third-order valence-corrected chi connectivity index (χ3v) is 5.75. The number of fused-ring (bicyclic) bond motifs is 1. The normalized spacial score (nSPS) is 21.8. The molecule has 1 atom stereocenters. The van der Waals surface area contributed by atoms with E-state index in [1.165, 1.54) is 40.3 Å². The number of allylic oxidation sites excluding steroid dienone is 3. The van der Waals surface area contributed by atoms with Gasteiger partial charge >= 0.3 is 0 Å². The van der Waals surface area contributed by atoms with E-state index in [2.05, 4.69) is 70.0 Å². The topological polar surface area (TPSA) is 49.5 Å². The van der Waals surface area contributed by atoms with E-state index in [4.69, 9.17) is 9.47 Å². The van der Waals surface area contributed by atoms with Crippen LogP contribution in [0.5, 0.6) is 0 Å². The largest absolute Gasteiger partial charge is 0.464 e. The van der Waals surface area contributed by atoms with Gasteiger partial charge in [-0.25, -0.2) is 0 Å². The number of aromatic amines is 1. The smallest absolute Gasteiger partial charge is 0.232 e. The highest BCUT2D eigenvalue weighted by molar-refractivity contribution is 5.92. The fourth-order valence-electron chi connectivity index (χ4n) is 4.23. The first-order valence-electron chi connectivity index (χ1n) is 10.2. The van der Waals surface area contributed by atoms with Crippen LogP contribution in [0.3, 0.4) is 0 Å². The Morgan fingerprint density at radius 2 is 2.17 bits per heavy atom. The zero-order valence-corrected chi connectivity index (χ0v) is 16.3. The van der Waals surface area contributed by atoms with Crippen molar-refractivity contribution in [2.75, 3.05) is 19.6 Å². The van der Waals surface area contributed by atoms with Gasteiger partial charge in [-0.3, -0.25) is 4.90 Å². The van der Waals surface area contributed by atoms with Crippen molar-refractivity contribution in [3.05, 3.63) is 90.7 Å². The lowest BCUT2D eigenvalue weighted by Gasteiger charge is -2.32. The maximum absolute atomic E-state index is 5.46. The van der Waals surface area contributed by atoms with Crippen molar-refractivity contribution in [3.8, 4) is 0 Å². The van der Waals surface area contributed by atoms with Gasteiger partial charge < -0.3 is 19.8 Å². The predicted octanol–water partition coefficient (Wildman–Crippen LogP) is 4.62. The van der Waals surface area contributed by atoms with Crippen molar-refractivity contribution >= 4 is 16.5 Å². The summed E-state index contributed by atoms with van der Waals surface area (Å²) in [6.07, 6.45) is 17.8. The molecule has 148 valence electrons. The van der Waals surface area contributed by atoms with Crippen LogP contribution >= 0.6 is 0 Å². The molecule has 0 saturated carbocycles. The summed E-state index contributed by atoms with van der Waals surface area (Å²) in [5.41, 5.74) is 5.17. The maximum atomic E-state index is 5.46. The van der Waals surface area contributed by atoms with Gasteiger partial charge in [0.1, 0.15) is 12.5 Å². The number of para-hydroxylation sites is 1. The van der Waals surface area contributed by atoms with Gasteiger partial charge in [-0.1, -0.05) is 36.4 Å². The number of hydrogen-bond donors (Lipinski definition) is 2. The van der Waals surface area contributed by atoms with Crippen molar-refractivity contribution in [1.82, 2.24) is 15.2 Å². The molecule has 3 heterocycles. The van der Waals surface area contributed by atoms with Gasteiger partial charge in [-0.15, -0.1) is 0 Å². The fourth-order valence-corrected chi connectivity index (χ4v) is 4.23. The summed E-state index contributed by atoms with van der Waals surface area (Å²) in [4.78, 5) is 5.93. The van der Waals surface area contributed by atoms with E-state index in [9.17, 15) is 0 Å². The lowest BCUT2D eigenvalue weighted by molar-refractivity contribution is 0.228. The van der Waals surface area contributed by atoms with E-state index in [0.717, 1.165) is 32.5 Å². The molecule has 0 radical (unpaired) electrons. The first-order valence-corrected chi connectivity index (χ1v) is 10.2. The highest BCUT2D eigenvalue weighted by Gasteiger charge is 2.22. The van der Waals surface area contributed by atoms with Crippen molar-refractivity contribution in [1.29, 1.82) is 0 Å². The Hall–Kier alpha value is -3.18. The van der Waals surface area contributed by atoms with Crippen molar-refractivity contribution in [3.63, 3.8) is 0 Å². The molecule has 1 aromatic heterocycles. The van der Waals surface area contributed by atoms with Gasteiger partial charge in [0.05, 0.1) is 0 Å². The van der Waals surface area contributed by atoms with Gasteiger partial charge in [0.2, 0.25) is 5.88 Å². The highest BCUT2D eigenvalue weighted by Crippen LogP contribution is 2.30. The second-order valence-electron chi connectivity index (χ2n) is 7.60. The Bertz CT molecular complexity index is 1040. The summed E-state index contributed by atoms with van der Waals surface area (Å²) in [5, 5.41) is 4.69. The molecule has 2 aromatic rings. The number of nitrogens with zero attached hydrogens (tertiary/aromatic N) is 1. The summed E-state index contributed by atoms with van der Waals surface area (Å²) < 4.78 is 10.7. The minimum Gasteiger partial charge on any atom is -0.464 e. The Labute approximate surface area is 170 Å². The average molecular weight is 387 g/mol. The molecule has 29 heavy (non-hydrogen) atoms. The molecule has 0 amide bonds. The molecule has 3 aliphatic rings. The quantitative estimate of drug-likeness (QED) is 0.786. The molecular formula is C24H25N3O2. The standard InChI is InChI=1S/C24H25N3O2/c1-3-7-22(26-24-17-28-13-14-29-24)19(5-1)16-27-11-9-18(10-12-27)21-15-25-23-8-4-2-6-20(21)23/h1-4,6-9,13-15,17,19,25-26H,5,10-12,16H2. The van der Waals surface area contributed by atoms with Crippen LogP contribution in [0.4, 0.5) is 0 Å². The summed E-state index contributed by atoms with van der Waals surface area (Å²) in [5.74, 6) is 1.04. The molecule has 5 rings (SSSR count). The molecule has 0 fully saturated rings. The van der Waals surface area contributed by atoms with Crippen LogP contribution < -0.4 is 5.32 Å². The minimum atomic E-state index is 0.415. The van der Waals surface area contributed by atoms with E-state index >= 15 is 0 Å². The van der Waals surface area contributed by atoms with Gasteiger partial charge in [-0.05, 0) is 30.6 Å². The van der Waals surface area contributed by atoms with Gasteiger partial charge in [0.25, 0.3) is 0 Å². The summed E-state index contributed by atoms with van der Waals surface area (Å²) in [6, 6.07) is 8.53. The van der Waals surface area contributed by atoms with Gasteiger partial charge in [-0.2, -0.15) is 0 Å². The van der Waals surface area contributed by atoms with Crippen LogP contribution in [0.15, 0.2) is 85.1 Å². The number of nitrogens with one attached hydrogen (secondary N) is 2. The maximum Gasteiger partial charge on any atom is 0.232 e. The van der Waals surface area contributed by atoms with Crippen LogP contribution in [-0.4, -0.2) is 29.5 Å².